The summed E-state index contributed by atoms with van der Waals surface area (Å²) in [6.07, 6.45) is 9.95. The van der Waals surface area contributed by atoms with Gasteiger partial charge in [-0.15, -0.1) is 0 Å². The fourth-order valence-corrected chi connectivity index (χ4v) is 1.86. The summed E-state index contributed by atoms with van der Waals surface area (Å²) >= 11 is 0. The van der Waals surface area contributed by atoms with Gasteiger partial charge in [-0.3, -0.25) is 4.98 Å². The quantitative estimate of drug-likeness (QED) is 0.639. The highest BCUT2D eigenvalue weighted by Crippen LogP contribution is 2.21. The van der Waals surface area contributed by atoms with Gasteiger partial charge in [0.15, 0.2) is 0 Å². The van der Waals surface area contributed by atoms with Gasteiger partial charge in [0.1, 0.15) is 0 Å². The highest BCUT2D eigenvalue weighted by molar-refractivity contribution is 5.87. The van der Waals surface area contributed by atoms with Crippen molar-refractivity contribution in [3.63, 3.8) is 0 Å². The second kappa shape index (κ2) is 8.11. The van der Waals surface area contributed by atoms with Crippen LogP contribution in [0.5, 0.6) is 0 Å². The minimum atomic E-state index is 1.05. The summed E-state index contributed by atoms with van der Waals surface area (Å²) in [6, 6.07) is 8.46. The first-order valence-electron chi connectivity index (χ1n) is 7.05. The molecule has 0 radical (unpaired) electrons. The molecule has 20 heavy (non-hydrogen) atoms. The Morgan fingerprint density at radius 2 is 1.85 bits per heavy atom. The molecule has 0 saturated carbocycles. The van der Waals surface area contributed by atoms with Gasteiger partial charge in [-0.1, -0.05) is 56.4 Å². The summed E-state index contributed by atoms with van der Waals surface area (Å²) in [5.74, 6) is 0. The third-order valence-electron chi connectivity index (χ3n) is 2.83. The topological polar surface area (TPSA) is 12.9 Å². The van der Waals surface area contributed by atoms with E-state index in [-0.39, 0.29) is 0 Å². The van der Waals surface area contributed by atoms with E-state index < -0.39 is 0 Å². The van der Waals surface area contributed by atoms with Crippen LogP contribution in [0.3, 0.4) is 0 Å². The van der Waals surface area contributed by atoms with Crippen LogP contribution in [0, 0.1) is 0 Å². The van der Waals surface area contributed by atoms with Gasteiger partial charge in [0.05, 0.1) is 0 Å². The first-order chi connectivity index (χ1) is 9.70. The Bertz CT molecular complexity index is 633. The molecular weight excluding hydrogens is 242 g/mol. The zero-order valence-corrected chi connectivity index (χ0v) is 12.9. The number of fused-ring (bicyclic) bond motifs is 1. The van der Waals surface area contributed by atoms with Crippen LogP contribution >= 0.6 is 0 Å². The summed E-state index contributed by atoms with van der Waals surface area (Å²) in [6.45, 7) is 11.9. The van der Waals surface area contributed by atoms with Crippen molar-refractivity contribution in [1.29, 1.82) is 0 Å². The maximum Gasteiger partial charge on any atom is 0.0346 e. The molecule has 2 rings (SSSR count). The zero-order valence-electron chi connectivity index (χ0n) is 12.9. The Hall–Kier alpha value is -2.15. The highest BCUT2D eigenvalue weighted by atomic mass is 14.6. The van der Waals surface area contributed by atoms with Crippen molar-refractivity contribution in [2.45, 2.75) is 27.7 Å². The fraction of sp³-hybridized carbons (Fsp3) is 0.211. The zero-order chi connectivity index (χ0) is 15.0. The lowest BCUT2D eigenvalue weighted by atomic mass is 10.0. The Morgan fingerprint density at radius 1 is 1.10 bits per heavy atom. The number of hydrogen-bond donors (Lipinski definition) is 0. The van der Waals surface area contributed by atoms with Crippen molar-refractivity contribution in [3.05, 3.63) is 72.6 Å². The Labute approximate surface area is 122 Å². The van der Waals surface area contributed by atoms with E-state index in [4.69, 9.17) is 0 Å². The Balaban J connectivity index is 0.000000956. The number of aromatic nitrogens is 1. The van der Waals surface area contributed by atoms with Gasteiger partial charge in [0.2, 0.25) is 0 Å². The summed E-state index contributed by atoms with van der Waals surface area (Å²) < 4.78 is 0. The lowest BCUT2D eigenvalue weighted by molar-refractivity contribution is 1.36. The molecule has 0 bridgehead atoms. The number of hydrogen-bond acceptors (Lipinski definition) is 1. The Morgan fingerprint density at radius 3 is 2.50 bits per heavy atom. The molecule has 0 fully saturated rings. The van der Waals surface area contributed by atoms with Crippen LogP contribution in [0.4, 0.5) is 0 Å². The average molecular weight is 265 g/mol. The second-order valence-corrected chi connectivity index (χ2v) is 4.36. The minimum absolute atomic E-state index is 1.05. The molecule has 1 aromatic heterocycles. The fourth-order valence-electron chi connectivity index (χ4n) is 1.86. The molecule has 0 unspecified atom stereocenters. The van der Waals surface area contributed by atoms with Crippen LogP contribution in [0.1, 0.15) is 33.3 Å². The molecular formula is C19H23N. The third-order valence-corrected chi connectivity index (χ3v) is 2.83. The molecule has 0 amide bonds. The number of rotatable bonds is 3. The molecule has 1 heteroatoms. The van der Waals surface area contributed by atoms with Gasteiger partial charge in [-0.25, -0.2) is 0 Å². The van der Waals surface area contributed by atoms with Gasteiger partial charge in [0, 0.05) is 17.8 Å². The maximum atomic E-state index is 4.16. The molecule has 0 N–H and O–H groups in total. The van der Waals surface area contributed by atoms with Crippen molar-refractivity contribution in [2.24, 2.45) is 0 Å². The van der Waals surface area contributed by atoms with E-state index in [1.807, 2.05) is 52.2 Å². The van der Waals surface area contributed by atoms with E-state index >= 15 is 0 Å². The first-order valence-corrected chi connectivity index (χ1v) is 7.05. The van der Waals surface area contributed by atoms with Crippen molar-refractivity contribution < 1.29 is 0 Å². The molecule has 0 aliphatic heterocycles. The normalized spacial score (nSPS) is 11.3. The molecule has 0 spiro atoms. The van der Waals surface area contributed by atoms with E-state index in [0.29, 0.717) is 0 Å². The lowest BCUT2D eigenvalue weighted by Crippen LogP contribution is -1.83. The maximum absolute atomic E-state index is 4.16. The van der Waals surface area contributed by atoms with Crippen molar-refractivity contribution in [3.8, 4) is 0 Å². The molecule has 2 aromatic rings. The smallest absolute Gasteiger partial charge is 0.0346 e. The number of nitrogens with zero attached hydrogens (tertiary/aromatic N) is 1. The van der Waals surface area contributed by atoms with Crippen molar-refractivity contribution in [2.75, 3.05) is 0 Å². The van der Waals surface area contributed by atoms with E-state index in [0.717, 1.165) is 11.0 Å². The van der Waals surface area contributed by atoms with Crippen LogP contribution in [0.15, 0.2) is 67.0 Å². The van der Waals surface area contributed by atoms with E-state index in [1.165, 1.54) is 16.5 Å². The number of pyridine rings is 1. The van der Waals surface area contributed by atoms with Gasteiger partial charge in [-0.2, -0.15) is 0 Å². The predicted octanol–water partition coefficient (Wildman–Crippen LogP) is 5.80. The van der Waals surface area contributed by atoms with Crippen LogP contribution in [0.2, 0.25) is 0 Å². The third kappa shape index (κ3) is 4.20. The summed E-state index contributed by atoms with van der Waals surface area (Å²) in [5, 5.41) is 2.38. The van der Waals surface area contributed by atoms with Crippen LogP contribution in [-0.2, 0) is 0 Å². The van der Waals surface area contributed by atoms with Crippen LogP contribution in [-0.4, -0.2) is 4.98 Å². The standard InChI is InChI=1S/C17H17N.C2H6/c1-4-14(6-5-13(2)3)16-8-7-15-9-10-18-12-17(15)11-16;1-2/h4-12H,2H2,1,3H3;1-2H3/b6-5-,14-4+;. The largest absolute Gasteiger partial charge is 0.264 e. The van der Waals surface area contributed by atoms with Crippen molar-refractivity contribution >= 4 is 16.3 Å². The van der Waals surface area contributed by atoms with Gasteiger partial charge in [-0.05, 0) is 42.5 Å². The molecule has 0 aliphatic rings. The first kappa shape index (κ1) is 15.9. The van der Waals surface area contributed by atoms with E-state index in [9.17, 15) is 0 Å². The molecule has 1 nitrogen and oxygen atoms in total. The predicted molar refractivity (Wildman–Crippen MR) is 90.7 cm³/mol. The number of allylic oxidation sites excluding steroid dienone is 5. The summed E-state index contributed by atoms with van der Waals surface area (Å²) in [4.78, 5) is 4.16. The minimum Gasteiger partial charge on any atom is -0.264 e. The highest BCUT2D eigenvalue weighted by Gasteiger charge is 1.99. The second-order valence-electron chi connectivity index (χ2n) is 4.36. The average Bonchev–Trinajstić information content (AvgIpc) is 2.49. The van der Waals surface area contributed by atoms with E-state index in [1.54, 1.807) is 0 Å². The number of benzene rings is 1. The van der Waals surface area contributed by atoms with E-state index in [2.05, 4.69) is 41.9 Å². The summed E-state index contributed by atoms with van der Waals surface area (Å²) in [7, 11) is 0. The van der Waals surface area contributed by atoms with Gasteiger partial charge < -0.3 is 0 Å². The molecule has 0 aliphatic carbocycles. The van der Waals surface area contributed by atoms with Crippen LogP contribution in [0.25, 0.3) is 16.3 Å². The van der Waals surface area contributed by atoms with Crippen LogP contribution < -0.4 is 0 Å². The van der Waals surface area contributed by atoms with Gasteiger partial charge in [0.25, 0.3) is 0 Å². The molecule has 1 heterocycles. The summed E-state index contributed by atoms with van der Waals surface area (Å²) in [5.41, 5.74) is 3.45. The molecule has 1 aromatic carbocycles. The SMILES string of the molecule is C=C(C)/C=C\C(=C/C)c1ccc2ccncc2c1.CC. The Kier molecular flexibility index (Phi) is 6.45. The van der Waals surface area contributed by atoms with Crippen molar-refractivity contribution in [1.82, 2.24) is 4.98 Å². The molecule has 0 saturated heterocycles. The lowest BCUT2D eigenvalue weighted by Gasteiger charge is -2.04. The van der Waals surface area contributed by atoms with Gasteiger partial charge >= 0.3 is 0 Å². The molecule has 0 atom stereocenters. The molecule has 104 valence electrons. The monoisotopic (exact) mass is 265 g/mol.